The summed E-state index contributed by atoms with van der Waals surface area (Å²) < 4.78 is 6.49. The van der Waals surface area contributed by atoms with E-state index in [1.54, 1.807) is 16.8 Å². The number of aliphatic hydroxyl groups excluding tert-OH is 1. The van der Waals surface area contributed by atoms with Crippen molar-refractivity contribution in [1.82, 2.24) is 14.7 Å². The second-order valence-electron chi connectivity index (χ2n) is 8.97. The lowest BCUT2D eigenvalue weighted by atomic mass is 9.77. The SMILES string of the molecule is CC[C@@H](CO)N1C(=O)[C@@H]2[C@@H]3C(=O)N(C)CC=C[C@@H]3O[C@@]23C=CCN(C(C)C)C(=O)C13. The van der Waals surface area contributed by atoms with Gasteiger partial charge in [-0.2, -0.15) is 0 Å². The van der Waals surface area contributed by atoms with Crippen LogP contribution in [0.2, 0.25) is 0 Å². The fraction of sp³-hybridized carbons (Fsp3) is 0.682. The lowest BCUT2D eigenvalue weighted by Crippen LogP contribution is -2.58. The van der Waals surface area contributed by atoms with Crippen LogP contribution in [0.4, 0.5) is 0 Å². The van der Waals surface area contributed by atoms with Gasteiger partial charge in [-0.1, -0.05) is 31.2 Å². The van der Waals surface area contributed by atoms with Gasteiger partial charge in [-0.3, -0.25) is 14.4 Å². The highest BCUT2D eigenvalue weighted by Crippen LogP contribution is 2.54. The molecule has 0 aliphatic carbocycles. The standard InChI is InChI=1S/C22H31N3O5/c1-5-14(12-26)25-18-21(29)24(13(2)3)11-7-9-22(18)17(20(25)28)16-15(30-22)8-6-10-23(4)19(16)27/h6-9,13-18,26H,5,10-12H2,1-4H3/t14-,15-,16+,17-,18?,22-/m0/s1. The molecule has 164 valence electrons. The number of likely N-dealkylation sites (N-methyl/N-ethyl adjacent to an activating group) is 1. The molecule has 0 radical (unpaired) electrons. The molecule has 8 heteroatoms. The minimum atomic E-state index is -1.21. The topological polar surface area (TPSA) is 90.4 Å². The van der Waals surface area contributed by atoms with Crippen LogP contribution in [0.3, 0.4) is 0 Å². The summed E-state index contributed by atoms with van der Waals surface area (Å²) in [5, 5.41) is 9.99. The molecule has 2 fully saturated rings. The number of carbonyl (C=O) groups is 3. The highest BCUT2D eigenvalue weighted by Gasteiger charge is 2.72. The quantitative estimate of drug-likeness (QED) is 0.659. The van der Waals surface area contributed by atoms with Gasteiger partial charge in [0.1, 0.15) is 11.6 Å². The fourth-order valence-corrected chi connectivity index (χ4v) is 5.49. The summed E-state index contributed by atoms with van der Waals surface area (Å²) >= 11 is 0. The normalized spacial score (nSPS) is 36.7. The molecule has 4 aliphatic heterocycles. The van der Waals surface area contributed by atoms with Gasteiger partial charge in [-0.15, -0.1) is 0 Å². The van der Waals surface area contributed by atoms with E-state index in [4.69, 9.17) is 4.74 Å². The first-order valence-corrected chi connectivity index (χ1v) is 10.8. The smallest absolute Gasteiger partial charge is 0.249 e. The molecule has 4 rings (SSSR count). The van der Waals surface area contributed by atoms with Crippen LogP contribution in [0.1, 0.15) is 27.2 Å². The molecule has 0 saturated carbocycles. The Balaban J connectivity index is 1.88. The van der Waals surface area contributed by atoms with Crippen LogP contribution in [0, 0.1) is 11.8 Å². The number of ether oxygens (including phenoxy) is 1. The van der Waals surface area contributed by atoms with Crippen molar-refractivity contribution in [3.8, 4) is 0 Å². The van der Waals surface area contributed by atoms with Gasteiger partial charge in [0.15, 0.2) is 0 Å². The molecule has 6 atom stereocenters. The first kappa shape index (κ1) is 21.1. The zero-order valence-electron chi connectivity index (χ0n) is 18.0. The van der Waals surface area contributed by atoms with E-state index in [1.807, 2.05) is 45.1 Å². The van der Waals surface area contributed by atoms with Crippen molar-refractivity contribution in [3.05, 3.63) is 24.3 Å². The van der Waals surface area contributed by atoms with Crippen molar-refractivity contribution in [2.75, 3.05) is 26.7 Å². The van der Waals surface area contributed by atoms with E-state index in [9.17, 15) is 19.5 Å². The Morgan fingerprint density at radius 3 is 2.53 bits per heavy atom. The van der Waals surface area contributed by atoms with Gasteiger partial charge in [-0.25, -0.2) is 0 Å². The van der Waals surface area contributed by atoms with Crippen LogP contribution in [-0.4, -0.2) is 94.1 Å². The van der Waals surface area contributed by atoms with E-state index in [-0.39, 0.29) is 30.4 Å². The molecule has 2 saturated heterocycles. The van der Waals surface area contributed by atoms with Crippen molar-refractivity contribution >= 4 is 17.7 Å². The van der Waals surface area contributed by atoms with Crippen molar-refractivity contribution in [2.24, 2.45) is 11.8 Å². The summed E-state index contributed by atoms with van der Waals surface area (Å²) in [4.78, 5) is 45.6. The van der Waals surface area contributed by atoms with E-state index in [1.165, 1.54) is 4.90 Å². The fourth-order valence-electron chi connectivity index (χ4n) is 5.49. The van der Waals surface area contributed by atoms with E-state index < -0.39 is 35.6 Å². The van der Waals surface area contributed by atoms with Crippen LogP contribution in [-0.2, 0) is 19.1 Å². The highest BCUT2D eigenvalue weighted by atomic mass is 16.5. The van der Waals surface area contributed by atoms with Gasteiger partial charge in [0.2, 0.25) is 17.7 Å². The molecule has 0 aromatic rings. The lowest BCUT2D eigenvalue weighted by Gasteiger charge is -2.39. The Hall–Kier alpha value is -2.19. The second-order valence-corrected chi connectivity index (χ2v) is 8.97. The van der Waals surface area contributed by atoms with Gasteiger partial charge >= 0.3 is 0 Å². The van der Waals surface area contributed by atoms with E-state index >= 15 is 0 Å². The molecule has 0 aromatic heterocycles. The van der Waals surface area contributed by atoms with Gasteiger partial charge < -0.3 is 24.5 Å². The highest BCUT2D eigenvalue weighted by molar-refractivity contribution is 6.00. The summed E-state index contributed by atoms with van der Waals surface area (Å²) in [5.74, 6) is -2.11. The van der Waals surface area contributed by atoms with E-state index in [0.29, 0.717) is 19.5 Å². The molecule has 1 N–H and O–H groups in total. The summed E-state index contributed by atoms with van der Waals surface area (Å²) in [7, 11) is 1.71. The monoisotopic (exact) mass is 417 g/mol. The predicted molar refractivity (Wildman–Crippen MR) is 109 cm³/mol. The van der Waals surface area contributed by atoms with Gasteiger partial charge in [0.25, 0.3) is 0 Å². The molecular formula is C22H31N3O5. The van der Waals surface area contributed by atoms with Crippen LogP contribution >= 0.6 is 0 Å². The van der Waals surface area contributed by atoms with E-state index in [2.05, 4.69) is 0 Å². The third kappa shape index (κ3) is 2.76. The number of hydrogen-bond donors (Lipinski definition) is 1. The number of nitrogens with zero attached hydrogens (tertiary/aromatic N) is 3. The van der Waals surface area contributed by atoms with Crippen molar-refractivity contribution in [2.45, 2.75) is 57.0 Å². The molecule has 0 bridgehead atoms. The lowest BCUT2D eigenvalue weighted by molar-refractivity contribution is -0.152. The zero-order valence-corrected chi connectivity index (χ0v) is 18.0. The van der Waals surface area contributed by atoms with Crippen molar-refractivity contribution < 1.29 is 24.2 Å². The van der Waals surface area contributed by atoms with Crippen LogP contribution in [0.15, 0.2) is 24.3 Å². The van der Waals surface area contributed by atoms with Gasteiger partial charge in [-0.05, 0) is 20.3 Å². The Bertz CT molecular complexity index is 805. The molecule has 4 heterocycles. The number of fused-ring (bicyclic) bond motifs is 2. The molecule has 1 unspecified atom stereocenters. The Morgan fingerprint density at radius 1 is 1.17 bits per heavy atom. The molecule has 8 nitrogen and oxygen atoms in total. The van der Waals surface area contributed by atoms with Gasteiger partial charge in [0.05, 0.1) is 30.6 Å². The molecule has 1 spiro atoms. The number of carbonyl (C=O) groups excluding carboxylic acids is 3. The number of hydrogen-bond acceptors (Lipinski definition) is 5. The largest absolute Gasteiger partial charge is 0.394 e. The molecule has 3 amide bonds. The van der Waals surface area contributed by atoms with Crippen LogP contribution < -0.4 is 0 Å². The average Bonchev–Trinajstić information content (AvgIpc) is 3.03. The first-order chi connectivity index (χ1) is 14.3. The minimum Gasteiger partial charge on any atom is -0.394 e. The van der Waals surface area contributed by atoms with E-state index in [0.717, 1.165) is 0 Å². The molecular weight excluding hydrogens is 386 g/mol. The minimum absolute atomic E-state index is 0.0537. The first-order valence-electron chi connectivity index (χ1n) is 10.8. The summed E-state index contributed by atoms with van der Waals surface area (Å²) in [6.07, 6.45) is 7.38. The third-order valence-corrected chi connectivity index (χ3v) is 7.03. The summed E-state index contributed by atoms with van der Waals surface area (Å²) in [6.45, 7) is 6.38. The third-order valence-electron chi connectivity index (χ3n) is 7.03. The molecule has 4 aliphatic rings. The predicted octanol–water partition coefficient (Wildman–Crippen LogP) is 0.173. The summed E-state index contributed by atoms with van der Waals surface area (Å²) in [5.41, 5.74) is -1.21. The number of amides is 3. The Labute approximate surface area is 177 Å². The number of aliphatic hydroxyl groups is 1. The molecule has 0 aromatic carbocycles. The second kappa shape index (κ2) is 7.50. The van der Waals surface area contributed by atoms with Crippen LogP contribution in [0.5, 0.6) is 0 Å². The Morgan fingerprint density at radius 2 is 1.90 bits per heavy atom. The van der Waals surface area contributed by atoms with Crippen molar-refractivity contribution in [3.63, 3.8) is 0 Å². The van der Waals surface area contributed by atoms with Gasteiger partial charge in [0, 0.05) is 26.2 Å². The average molecular weight is 418 g/mol. The number of likely N-dealkylation sites (tertiary alicyclic amines) is 1. The van der Waals surface area contributed by atoms with Crippen molar-refractivity contribution in [1.29, 1.82) is 0 Å². The maximum Gasteiger partial charge on any atom is 0.249 e. The maximum absolute atomic E-state index is 13.8. The zero-order chi connectivity index (χ0) is 21.8. The molecule has 30 heavy (non-hydrogen) atoms. The van der Waals surface area contributed by atoms with Crippen LogP contribution in [0.25, 0.3) is 0 Å². The Kier molecular flexibility index (Phi) is 5.26. The summed E-state index contributed by atoms with van der Waals surface area (Å²) in [6, 6.07) is -1.46. The number of rotatable bonds is 4. The maximum atomic E-state index is 13.8.